The van der Waals surface area contributed by atoms with E-state index in [1.807, 2.05) is 23.0 Å². The number of piperidine rings is 1. The van der Waals surface area contributed by atoms with Gasteiger partial charge in [0.2, 0.25) is 0 Å². The van der Waals surface area contributed by atoms with E-state index in [1.54, 1.807) is 6.07 Å². The first-order valence-electron chi connectivity index (χ1n) is 10.7. The van der Waals surface area contributed by atoms with E-state index < -0.39 is 0 Å². The van der Waals surface area contributed by atoms with E-state index in [1.165, 1.54) is 44.5 Å². The molecule has 0 bridgehead atoms. The molecule has 3 aromatic rings. The van der Waals surface area contributed by atoms with Crippen molar-refractivity contribution in [1.82, 2.24) is 14.5 Å². The van der Waals surface area contributed by atoms with Crippen molar-refractivity contribution < 1.29 is 0 Å². The molecule has 2 aromatic carbocycles. The summed E-state index contributed by atoms with van der Waals surface area (Å²) in [5.41, 5.74) is 4.91. The Kier molecular flexibility index (Phi) is 5.48. The fourth-order valence-corrected chi connectivity index (χ4v) is 5.37. The highest BCUT2D eigenvalue weighted by atomic mass is 35.5. The Morgan fingerprint density at radius 2 is 1.73 bits per heavy atom. The molecule has 2 aliphatic rings. The Labute approximate surface area is 187 Å². The van der Waals surface area contributed by atoms with Crippen LogP contribution in [0.25, 0.3) is 16.7 Å². The van der Waals surface area contributed by atoms with Crippen LogP contribution in [0, 0.1) is 0 Å². The lowest BCUT2D eigenvalue weighted by atomic mass is 10.0. The van der Waals surface area contributed by atoms with Gasteiger partial charge in [-0.2, -0.15) is 0 Å². The molecule has 0 unspecified atom stereocenters. The van der Waals surface area contributed by atoms with Gasteiger partial charge < -0.3 is 9.80 Å². The minimum Gasteiger partial charge on any atom is -0.371 e. The number of hydrogen-bond acceptors (Lipinski definition) is 3. The molecule has 5 rings (SSSR count). The summed E-state index contributed by atoms with van der Waals surface area (Å²) in [7, 11) is 0. The van der Waals surface area contributed by atoms with Gasteiger partial charge in [-0.1, -0.05) is 29.8 Å². The van der Waals surface area contributed by atoms with Crippen molar-refractivity contribution in [3.63, 3.8) is 0 Å². The van der Waals surface area contributed by atoms with E-state index in [0.717, 1.165) is 41.4 Å². The predicted octanol–water partition coefficient (Wildman–Crippen LogP) is 5.93. The summed E-state index contributed by atoms with van der Waals surface area (Å²) in [4.78, 5) is 9.76. The molecule has 6 heteroatoms. The molecule has 2 saturated heterocycles. The number of fused-ring (bicyclic) bond motifs is 1. The Balaban J connectivity index is 1.39. The van der Waals surface area contributed by atoms with Gasteiger partial charge in [0.1, 0.15) is 6.33 Å². The Bertz CT molecular complexity index is 1080. The van der Waals surface area contributed by atoms with Crippen molar-refractivity contribution in [3.8, 4) is 0 Å². The number of aromatic nitrogens is 2. The minimum absolute atomic E-state index is 0.592. The molecule has 0 spiro atoms. The second-order valence-corrected chi connectivity index (χ2v) is 9.16. The quantitative estimate of drug-likeness (QED) is 0.502. The molecule has 0 N–H and O–H groups in total. The van der Waals surface area contributed by atoms with Crippen molar-refractivity contribution in [1.29, 1.82) is 0 Å². The van der Waals surface area contributed by atoms with E-state index in [9.17, 15) is 0 Å². The summed E-state index contributed by atoms with van der Waals surface area (Å²) < 4.78 is 2.02. The SMILES string of the molecule is C=C(c1ccc(Cl)cc1Cl)n1cnc2ccc(N3CCC(N4CCCC4)CC3)cc21. The van der Waals surface area contributed by atoms with Crippen LogP contribution in [0.5, 0.6) is 0 Å². The van der Waals surface area contributed by atoms with Crippen molar-refractivity contribution >= 4 is 45.6 Å². The molecule has 0 amide bonds. The van der Waals surface area contributed by atoms with Crippen molar-refractivity contribution in [2.75, 3.05) is 31.1 Å². The maximum absolute atomic E-state index is 6.42. The summed E-state index contributed by atoms with van der Waals surface area (Å²) in [6.07, 6.45) is 7.03. The van der Waals surface area contributed by atoms with Crippen LogP contribution in [-0.4, -0.2) is 46.7 Å². The molecular weight excluding hydrogens is 415 g/mol. The molecule has 156 valence electrons. The molecule has 0 atom stereocenters. The number of imidazole rings is 1. The first-order chi connectivity index (χ1) is 14.6. The van der Waals surface area contributed by atoms with Crippen LogP contribution in [0.4, 0.5) is 5.69 Å². The van der Waals surface area contributed by atoms with Gasteiger partial charge in [-0.25, -0.2) is 4.98 Å². The number of anilines is 1. The third kappa shape index (κ3) is 3.73. The number of nitrogens with zero attached hydrogens (tertiary/aromatic N) is 4. The van der Waals surface area contributed by atoms with E-state index in [2.05, 4.69) is 39.6 Å². The fourth-order valence-electron chi connectivity index (χ4n) is 4.86. The van der Waals surface area contributed by atoms with Crippen molar-refractivity contribution in [2.45, 2.75) is 31.7 Å². The van der Waals surface area contributed by atoms with Crippen LogP contribution in [0.1, 0.15) is 31.2 Å². The third-order valence-corrected chi connectivity index (χ3v) is 7.10. The summed E-state index contributed by atoms with van der Waals surface area (Å²) in [5, 5.41) is 1.21. The average molecular weight is 441 g/mol. The largest absolute Gasteiger partial charge is 0.371 e. The third-order valence-electron chi connectivity index (χ3n) is 6.55. The van der Waals surface area contributed by atoms with E-state index in [0.29, 0.717) is 10.0 Å². The Morgan fingerprint density at radius 1 is 0.967 bits per heavy atom. The van der Waals surface area contributed by atoms with Crippen LogP contribution in [-0.2, 0) is 0 Å². The minimum atomic E-state index is 0.592. The molecular formula is C24H26Cl2N4. The summed E-state index contributed by atoms with van der Waals surface area (Å²) in [6.45, 7) is 9.05. The fraction of sp³-hybridized carbons (Fsp3) is 0.375. The standard InChI is InChI=1S/C24H26Cl2N4/c1-17(21-6-4-18(25)14-22(21)26)30-16-27-23-7-5-20(15-24(23)30)29-12-8-19(9-13-29)28-10-2-3-11-28/h4-7,14-16,19H,1-3,8-13H2. The lowest BCUT2D eigenvalue weighted by Crippen LogP contribution is -2.43. The van der Waals surface area contributed by atoms with E-state index >= 15 is 0 Å². The second-order valence-electron chi connectivity index (χ2n) is 8.32. The van der Waals surface area contributed by atoms with Crippen LogP contribution >= 0.6 is 23.2 Å². The molecule has 4 nitrogen and oxygen atoms in total. The number of likely N-dealkylation sites (tertiary alicyclic amines) is 1. The van der Waals surface area contributed by atoms with E-state index in [4.69, 9.17) is 23.2 Å². The van der Waals surface area contributed by atoms with Gasteiger partial charge in [-0.3, -0.25) is 4.57 Å². The topological polar surface area (TPSA) is 24.3 Å². The number of benzene rings is 2. The van der Waals surface area contributed by atoms with Crippen LogP contribution in [0.3, 0.4) is 0 Å². The molecule has 30 heavy (non-hydrogen) atoms. The van der Waals surface area contributed by atoms with Gasteiger partial charge in [-0.05, 0) is 75.2 Å². The van der Waals surface area contributed by atoms with Gasteiger partial charge in [0.15, 0.2) is 0 Å². The monoisotopic (exact) mass is 440 g/mol. The highest BCUT2D eigenvalue weighted by Crippen LogP contribution is 2.31. The van der Waals surface area contributed by atoms with Crippen molar-refractivity contribution in [3.05, 3.63) is 64.9 Å². The van der Waals surface area contributed by atoms with Gasteiger partial charge >= 0.3 is 0 Å². The maximum Gasteiger partial charge on any atom is 0.100 e. The molecule has 0 saturated carbocycles. The van der Waals surface area contributed by atoms with Crippen LogP contribution in [0.15, 0.2) is 49.3 Å². The second kappa shape index (κ2) is 8.26. The molecule has 0 aliphatic carbocycles. The zero-order valence-electron chi connectivity index (χ0n) is 17.0. The molecule has 2 fully saturated rings. The number of hydrogen-bond donors (Lipinski definition) is 0. The maximum atomic E-state index is 6.42. The van der Waals surface area contributed by atoms with Gasteiger partial charge in [0.25, 0.3) is 0 Å². The number of rotatable bonds is 4. The van der Waals surface area contributed by atoms with Gasteiger partial charge in [0.05, 0.1) is 16.1 Å². The smallest absolute Gasteiger partial charge is 0.100 e. The molecule has 3 heterocycles. The zero-order chi connectivity index (χ0) is 20.7. The lowest BCUT2D eigenvalue weighted by molar-refractivity contribution is 0.208. The summed E-state index contributed by atoms with van der Waals surface area (Å²) in [5.74, 6) is 0. The highest BCUT2D eigenvalue weighted by Gasteiger charge is 2.26. The summed E-state index contributed by atoms with van der Waals surface area (Å²) in [6, 6.07) is 12.8. The lowest BCUT2D eigenvalue weighted by Gasteiger charge is -2.37. The molecule has 1 aromatic heterocycles. The normalized spacial score (nSPS) is 18.4. The van der Waals surface area contributed by atoms with Crippen molar-refractivity contribution in [2.24, 2.45) is 0 Å². The Hall–Kier alpha value is -2.01. The van der Waals surface area contributed by atoms with Crippen LogP contribution in [0.2, 0.25) is 10.0 Å². The predicted molar refractivity (Wildman–Crippen MR) is 127 cm³/mol. The first kappa shape index (κ1) is 19.9. The summed E-state index contributed by atoms with van der Waals surface area (Å²) >= 11 is 12.5. The number of halogens is 2. The molecule has 0 radical (unpaired) electrons. The molecule has 2 aliphatic heterocycles. The Morgan fingerprint density at radius 3 is 2.47 bits per heavy atom. The van der Waals surface area contributed by atoms with Gasteiger partial charge in [-0.15, -0.1) is 0 Å². The van der Waals surface area contributed by atoms with E-state index in [-0.39, 0.29) is 0 Å². The zero-order valence-corrected chi connectivity index (χ0v) is 18.5. The van der Waals surface area contributed by atoms with Crippen LogP contribution < -0.4 is 4.90 Å². The van der Waals surface area contributed by atoms with Gasteiger partial charge in [0, 0.05) is 41.1 Å². The first-order valence-corrected chi connectivity index (χ1v) is 11.5. The highest BCUT2D eigenvalue weighted by molar-refractivity contribution is 6.35. The average Bonchev–Trinajstić information content (AvgIpc) is 3.43.